The predicted octanol–water partition coefficient (Wildman–Crippen LogP) is 17.1. The minimum absolute atomic E-state index is 0.0356. The van der Waals surface area contributed by atoms with Crippen LogP contribution < -0.4 is 5.32 Å². The van der Waals surface area contributed by atoms with Crippen LogP contribution in [0.25, 0.3) is 0 Å². The fourth-order valence-electron chi connectivity index (χ4n) is 8.05. The van der Waals surface area contributed by atoms with E-state index in [1.807, 2.05) is 33.3 Å². The molecule has 0 aliphatic heterocycles. The van der Waals surface area contributed by atoms with Crippen molar-refractivity contribution >= 4 is 19.7 Å². The number of nitrogens with one attached hydrogen (secondary N) is 1. The van der Waals surface area contributed by atoms with Gasteiger partial charge in [-0.3, -0.25) is 18.6 Å². The van der Waals surface area contributed by atoms with Gasteiger partial charge in [0.05, 0.1) is 33.8 Å². The van der Waals surface area contributed by atoms with Gasteiger partial charge < -0.3 is 19.4 Å². The lowest BCUT2D eigenvalue weighted by atomic mass is 10.1. The molecule has 0 heterocycles. The van der Waals surface area contributed by atoms with E-state index >= 15 is 0 Å². The molecule has 402 valence electrons. The molecule has 1 amide bonds. The third kappa shape index (κ3) is 50.4. The summed E-state index contributed by atoms with van der Waals surface area (Å²) in [5.41, 5.74) is 0. The number of carbonyl (C=O) groups is 2. The maximum absolute atomic E-state index is 13.5. The lowest BCUT2D eigenvalue weighted by Crippen LogP contribution is -2.47. The molecule has 0 saturated carbocycles. The molecule has 2 N–H and O–H groups in total. The molecule has 9 nitrogen and oxygen atoms in total. The van der Waals surface area contributed by atoms with Crippen LogP contribution in [-0.4, -0.2) is 74.3 Å². The summed E-state index contributed by atoms with van der Waals surface area (Å²) in [6, 6.07) is -0.856. The summed E-state index contributed by atoms with van der Waals surface area (Å²) in [6.45, 7) is 6.86. The van der Waals surface area contributed by atoms with Crippen LogP contribution in [0.4, 0.5) is 0 Å². The fourth-order valence-corrected chi connectivity index (χ4v) is 8.79. The summed E-state index contributed by atoms with van der Waals surface area (Å²) in [4.78, 5) is 37.5. The fraction of sp³-hybridized carbons (Fsp3) is 0.797. The third-order valence-electron chi connectivity index (χ3n) is 12.5. The monoisotopic (exact) mass is 990 g/mol. The number of carbonyl (C=O) groups excluding carboxylic acids is 2. The minimum Gasteiger partial charge on any atom is -0.456 e. The van der Waals surface area contributed by atoms with Crippen molar-refractivity contribution in [1.29, 1.82) is 0 Å². The van der Waals surface area contributed by atoms with E-state index in [-0.39, 0.29) is 31.5 Å². The van der Waals surface area contributed by atoms with Gasteiger partial charge in [0.1, 0.15) is 19.3 Å². The Kier molecular flexibility index (Phi) is 47.7. The summed E-state index contributed by atoms with van der Waals surface area (Å²) in [7, 11) is 1.48. The highest BCUT2D eigenvalue weighted by Crippen LogP contribution is 2.43. The normalized spacial score (nSPS) is 14.2. The van der Waals surface area contributed by atoms with Crippen molar-refractivity contribution in [2.45, 2.75) is 264 Å². The van der Waals surface area contributed by atoms with Gasteiger partial charge in [-0.05, 0) is 76.7 Å². The average molecular weight is 991 g/mol. The third-order valence-corrected chi connectivity index (χ3v) is 13.5. The maximum atomic E-state index is 13.5. The lowest BCUT2D eigenvalue weighted by Gasteiger charge is -2.27. The molecule has 0 fully saturated rings. The molecule has 3 atom stereocenters. The first-order chi connectivity index (χ1) is 33.4. The number of unbranched alkanes of at least 4 members (excludes halogenated alkanes) is 29. The number of phosphoric acid groups is 1. The van der Waals surface area contributed by atoms with Gasteiger partial charge in [0.15, 0.2) is 0 Å². The van der Waals surface area contributed by atoms with E-state index in [0.29, 0.717) is 17.4 Å². The molecule has 0 aromatic rings. The summed E-state index contributed by atoms with van der Waals surface area (Å²) in [5, 5.41) is 3.04. The van der Waals surface area contributed by atoms with Gasteiger partial charge in [0, 0.05) is 12.8 Å². The molecule has 0 radical (unpaired) electrons. The quantitative estimate of drug-likeness (QED) is 0.0156. The van der Waals surface area contributed by atoms with Crippen molar-refractivity contribution < 1.29 is 37.3 Å². The molecule has 0 saturated heterocycles. The molecular weight excluding hydrogens is 880 g/mol. The summed E-state index contributed by atoms with van der Waals surface area (Å²) >= 11 is 0. The molecule has 0 aliphatic rings. The molecule has 0 aromatic carbocycles. The van der Waals surface area contributed by atoms with Gasteiger partial charge in [-0.2, -0.15) is 0 Å². The van der Waals surface area contributed by atoms with E-state index in [0.717, 1.165) is 89.9 Å². The molecule has 10 heteroatoms. The van der Waals surface area contributed by atoms with Gasteiger partial charge in [-0.1, -0.05) is 223 Å². The van der Waals surface area contributed by atoms with Gasteiger partial charge >= 0.3 is 13.8 Å². The van der Waals surface area contributed by atoms with E-state index in [1.165, 1.54) is 128 Å². The lowest BCUT2D eigenvalue weighted by molar-refractivity contribution is -0.870. The predicted molar refractivity (Wildman–Crippen MR) is 295 cm³/mol. The SMILES string of the molecule is CC/C=C/C=C/C=C/CCCCCCCCCC(=O)NC(COP(=O)(O)OCC[N+](C)(C)C)C(/C=C/CCCCCCCCCCC)OC(=O)CCCCCCCCC/C=C/CCCCCCCC. The zero-order valence-electron chi connectivity index (χ0n) is 45.8. The molecule has 3 unspecified atom stereocenters. The standard InChI is InChI=1S/C59H109N2O7P/c1-7-10-13-16-19-22-25-27-29-30-32-34-37-40-43-46-49-52-59(63)68-57(50-47-44-41-38-35-24-21-18-15-12-9-3)56(55-67-69(64,65)66-54-53-61(4,5)6)60-58(62)51-48-45-42-39-36-33-31-28-26-23-20-17-14-11-8-2/h11,14,17,20,23,26-27,29,47,50,56-57H,7-10,12-13,15-16,18-19,21-22,24-25,28,30-46,48-49,51-55H2,1-6H3,(H-,60,62,64,65)/p+1/b14-11+,20-17+,26-23+,29-27+,50-47+. The van der Waals surface area contributed by atoms with Crippen LogP contribution in [-0.2, 0) is 27.9 Å². The van der Waals surface area contributed by atoms with Crippen LogP contribution in [0.5, 0.6) is 0 Å². The van der Waals surface area contributed by atoms with Gasteiger partial charge in [0.25, 0.3) is 0 Å². The molecule has 0 aliphatic carbocycles. The van der Waals surface area contributed by atoms with Crippen LogP contribution >= 0.6 is 7.82 Å². The number of likely N-dealkylation sites (N-methyl/N-ethyl adjacent to an activating group) is 1. The molecule has 0 bridgehead atoms. The number of quaternary nitrogens is 1. The van der Waals surface area contributed by atoms with Gasteiger partial charge in [0.2, 0.25) is 5.91 Å². The number of rotatable bonds is 51. The number of hydrogen-bond acceptors (Lipinski definition) is 6. The molecular formula is C59H110N2O7P+. The van der Waals surface area contributed by atoms with Crippen LogP contribution in [0, 0.1) is 0 Å². The Morgan fingerprint density at radius 3 is 1.42 bits per heavy atom. The molecule has 69 heavy (non-hydrogen) atoms. The number of phosphoric ester groups is 1. The summed E-state index contributed by atoms with van der Waals surface area (Å²) < 4.78 is 30.6. The Labute approximate surface area is 426 Å². The van der Waals surface area contributed by atoms with E-state index in [4.69, 9.17) is 13.8 Å². The van der Waals surface area contributed by atoms with Crippen LogP contribution in [0.15, 0.2) is 60.8 Å². The van der Waals surface area contributed by atoms with Gasteiger partial charge in [-0.25, -0.2) is 4.57 Å². The molecule has 0 aromatic heterocycles. The van der Waals surface area contributed by atoms with E-state index < -0.39 is 20.0 Å². The smallest absolute Gasteiger partial charge is 0.456 e. The number of hydrogen-bond donors (Lipinski definition) is 2. The zero-order valence-corrected chi connectivity index (χ0v) is 46.7. The van der Waals surface area contributed by atoms with Crippen LogP contribution in [0.2, 0.25) is 0 Å². The number of amides is 1. The Hall–Kier alpha value is -2.29. The topological polar surface area (TPSA) is 111 Å². The first-order valence-electron chi connectivity index (χ1n) is 28.6. The van der Waals surface area contributed by atoms with Crippen molar-refractivity contribution in [3.05, 3.63) is 60.8 Å². The highest BCUT2D eigenvalue weighted by molar-refractivity contribution is 7.47. The number of esters is 1. The average Bonchev–Trinajstić information content (AvgIpc) is 3.31. The summed E-state index contributed by atoms with van der Waals surface area (Å²) in [6.07, 6.45) is 60.7. The van der Waals surface area contributed by atoms with Crippen molar-refractivity contribution in [2.75, 3.05) is 40.9 Å². The van der Waals surface area contributed by atoms with Crippen molar-refractivity contribution in [3.8, 4) is 0 Å². The molecule has 0 rings (SSSR count). The van der Waals surface area contributed by atoms with E-state index in [2.05, 4.69) is 74.7 Å². The van der Waals surface area contributed by atoms with E-state index in [9.17, 15) is 19.0 Å². The Bertz CT molecular complexity index is 1370. The first-order valence-corrected chi connectivity index (χ1v) is 30.1. The van der Waals surface area contributed by atoms with Crippen LogP contribution in [0.3, 0.4) is 0 Å². The van der Waals surface area contributed by atoms with Crippen molar-refractivity contribution in [2.24, 2.45) is 0 Å². The number of ether oxygens (including phenoxy) is 1. The number of nitrogens with zero attached hydrogens (tertiary/aromatic N) is 1. The second-order valence-corrected chi connectivity index (χ2v) is 21.9. The zero-order chi connectivity index (χ0) is 50.8. The van der Waals surface area contributed by atoms with Gasteiger partial charge in [-0.15, -0.1) is 0 Å². The first kappa shape index (κ1) is 66.7. The van der Waals surface area contributed by atoms with Crippen molar-refractivity contribution in [3.63, 3.8) is 0 Å². The van der Waals surface area contributed by atoms with Crippen LogP contribution in [0.1, 0.15) is 252 Å². The maximum Gasteiger partial charge on any atom is 0.472 e. The highest BCUT2D eigenvalue weighted by Gasteiger charge is 2.30. The summed E-state index contributed by atoms with van der Waals surface area (Å²) in [5.74, 6) is -0.523. The largest absolute Gasteiger partial charge is 0.472 e. The second-order valence-electron chi connectivity index (χ2n) is 20.5. The Morgan fingerprint density at radius 2 is 0.942 bits per heavy atom. The van der Waals surface area contributed by atoms with E-state index in [1.54, 1.807) is 0 Å². The van der Waals surface area contributed by atoms with Crippen molar-refractivity contribution in [1.82, 2.24) is 5.32 Å². The Morgan fingerprint density at radius 1 is 0.522 bits per heavy atom. The minimum atomic E-state index is -4.45. The Balaban J connectivity index is 5.33. The highest BCUT2D eigenvalue weighted by atomic mass is 31.2. The second kappa shape index (κ2) is 49.3. The number of allylic oxidation sites excluding steroid dienone is 9. The molecule has 0 spiro atoms.